The van der Waals surface area contributed by atoms with Gasteiger partial charge in [0.05, 0.1) is 45.6 Å². The van der Waals surface area contributed by atoms with Crippen molar-refractivity contribution in [2.75, 3.05) is 0 Å². The number of hydrogen-bond acceptors (Lipinski definition) is 8. The minimum Gasteiger partial charge on any atom is -0.455 e. The molecule has 0 saturated heterocycles. The molecule has 6 aromatic rings. The Hall–Kier alpha value is -5.50. The van der Waals surface area contributed by atoms with Gasteiger partial charge in [-0.15, -0.1) is 0 Å². The Morgan fingerprint density at radius 3 is 1.00 bits per heavy atom. The van der Waals surface area contributed by atoms with E-state index >= 15 is 0 Å². The summed E-state index contributed by atoms with van der Waals surface area (Å²) in [5.41, 5.74) is 5.82. The molecular formula is C46H52N6O2. The molecule has 8 heteroatoms. The highest BCUT2D eigenvalue weighted by atomic mass is 16.7. The Bertz CT molecular complexity index is 1700. The summed E-state index contributed by atoms with van der Waals surface area (Å²) in [4.78, 5) is 28.2. The molecule has 0 aromatic carbocycles. The van der Waals surface area contributed by atoms with Gasteiger partial charge < -0.3 is 9.47 Å². The Morgan fingerprint density at radius 1 is 0.389 bits per heavy atom. The maximum atomic E-state index is 6.77. The molecule has 0 saturated carbocycles. The first kappa shape index (κ1) is 38.2. The molecular weight excluding hydrogens is 669 g/mol. The van der Waals surface area contributed by atoms with E-state index < -0.39 is 6.29 Å². The second-order valence-corrected chi connectivity index (χ2v) is 13.7. The lowest BCUT2D eigenvalue weighted by atomic mass is 10.0. The molecule has 0 spiro atoms. The Morgan fingerprint density at radius 2 is 0.704 bits per heavy atom. The number of unbranched alkanes of at least 4 members (excludes halogenated alkanes) is 12. The van der Waals surface area contributed by atoms with E-state index in [0.717, 1.165) is 35.6 Å². The summed E-state index contributed by atoms with van der Waals surface area (Å²) < 4.78 is 13.5. The third-order valence-electron chi connectivity index (χ3n) is 9.39. The summed E-state index contributed by atoms with van der Waals surface area (Å²) in [6.07, 6.45) is 24.0. The van der Waals surface area contributed by atoms with Gasteiger partial charge in [0, 0.05) is 55.5 Å². The molecule has 0 aliphatic rings. The van der Waals surface area contributed by atoms with Gasteiger partial charge in [0.15, 0.2) is 0 Å². The Labute approximate surface area is 320 Å². The highest BCUT2D eigenvalue weighted by Gasteiger charge is 2.18. The minimum atomic E-state index is -0.580. The highest BCUT2D eigenvalue weighted by molar-refractivity contribution is 5.66. The van der Waals surface area contributed by atoms with Crippen LogP contribution >= 0.6 is 0 Å². The van der Waals surface area contributed by atoms with E-state index in [1.807, 2.05) is 97.1 Å². The lowest BCUT2D eigenvalue weighted by Crippen LogP contribution is -2.24. The zero-order chi connectivity index (χ0) is 37.0. The van der Waals surface area contributed by atoms with E-state index in [9.17, 15) is 0 Å². The van der Waals surface area contributed by atoms with Crippen LogP contribution in [0.2, 0.25) is 0 Å². The van der Waals surface area contributed by atoms with E-state index in [1.165, 1.54) is 70.6 Å². The van der Waals surface area contributed by atoms with Crippen molar-refractivity contribution in [1.29, 1.82) is 0 Å². The number of rotatable bonds is 22. The molecule has 6 heterocycles. The monoisotopic (exact) mass is 720 g/mol. The molecule has 0 aliphatic heterocycles. The topological polar surface area (TPSA) is 95.8 Å². The number of aromatic nitrogens is 6. The van der Waals surface area contributed by atoms with Gasteiger partial charge in [-0.05, 0) is 55.0 Å². The van der Waals surface area contributed by atoms with E-state index in [0.29, 0.717) is 40.7 Å². The van der Waals surface area contributed by atoms with Crippen LogP contribution in [-0.2, 0) is 0 Å². The van der Waals surface area contributed by atoms with Crippen LogP contribution in [0.3, 0.4) is 0 Å². The fraction of sp³-hybridized carbons (Fsp3) is 0.348. The van der Waals surface area contributed by atoms with Crippen LogP contribution in [0.25, 0.3) is 45.6 Å². The van der Waals surface area contributed by atoms with Crippen molar-refractivity contribution in [2.45, 2.75) is 103 Å². The van der Waals surface area contributed by atoms with Gasteiger partial charge in [-0.3, -0.25) is 19.9 Å². The molecule has 0 radical (unpaired) electrons. The van der Waals surface area contributed by atoms with Gasteiger partial charge in [-0.25, -0.2) is 9.97 Å². The van der Waals surface area contributed by atoms with E-state index in [2.05, 4.69) is 26.9 Å². The Kier molecular flexibility index (Phi) is 15.1. The van der Waals surface area contributed by atoms with Crippen LogP contribution < -0.4 is 9.47 Å². The van der Waals surface area contributed by atoms with Crippen LogP contribution in [0.15, 0.2) is 122 Å². The number of ether oxygens (including phenoxy) is 2. The van der Waals surface area contributed by atoms with Crippen LogP contribution in [-0.4, -0.2) is 36.2 Å². The molecule has 0 aliphatic carbocycles. The number of nitrogens with zero attached hydrogens (tertiary/aromatic N) is 6. The normalized spacial score (nSPS) is 11.1. The fourth-order valence-corrected chi connectivity index (χ4v) is 6.50. The highest BCUT2D eigenvalue weighted by Crippen LogP contribution is 2.31. The number of hydrogen-bond donors (Lipinski definition) is 0. The van der Waals surface area contributed by atoms with Crippen LogP contribution in [0.1, 0.15) is 96.8 Å². The molecule has 0 bridgehead atoms. The van der Waals surface area contributed by atoms with Gasteiger partial charge in [-0.2, -0.15) is 0 Å². The molecule has 6 aromatic heterocycles. The van der Waals surface area contributed by atoms with Crippen LogP contribution in [0.4, 0.5) is 0 Å². The summed E-state index contributed by atoms with van der Waals surface area (Å²) in [7, 11) is 0. The first-order valence-electron chi connectivity index (χ1n) is 19.8. The predicted octanol–water partition coefficient (Wildman–Crippen LogP) is 12.0. The molecule has 0 atom stereocenters. The van der Waals surface area contributed by atoms with Crippen molar-refractivity contribution >= 4 is 0 Å². The minimum absolute atomic E-state index is 0.580. The second kappa shape index (κ2) is 21.3. The molecule has 0 amide bonds. The van der Waals surface area contributed by atoms with Crippen molar-refractivity contribution < 1.29 is 9.47 Å². The molecule has 8 nitrogen and oxygen atoms in total. The summed E-state index contributed by atoms with van der Waals surface area (Å²) in [6, 6.07) is 31.0. The van der Waals surface area contributed by atoms with Gasteiger partial charge in [0.25, 0.3) is 0 Å². The SMILES string of the molecule is CCCCCCCCCCCCCCCC(Oc1cc(-c2ccccn2)nc(-c2ccccn2)c1)Oc1cc(-c2ccccn2)nc(-c2ccccn2)c1. The van der Waals surface area contributed by atoms with Gasteiger partial charge in [-0.1, -0.05) is 108 Å². The molecule has 278 valence electrons. The third kappa shape index (κ3) is 12.0. The summed E-state index contributed by atoms with van der Waals surface area (Å²) >= 11 is 0. The largest absolute Gasteiger partial charge is 0.455 e. The molecule has 6 rings (SSSR count). The summed E-state index contributed by atoms with van der Waals surface area (Å²) in [5.74, 6) is 1.27. The van der Waals surface area contributed by atoms with Crippen molar-refractivity contribution in [1.82, 2.24) is 29.9 Å². The Balaban J connectivity index is 1.20. The van der Waals surface area contributed by atoms with Crippen LogP contribution in [0, 0.1) is 0 Å². The standard InChI is InChI=1S/C46H52N6O2/c1-2-3-4-5-6-7-8-9-10-11-12-13-14-27-46(53-36-32-42(38-23-15-19-28-47-38)51-43(33-36)39-24-16-20-29-48-39)54-37-34-44(40-25-17-21-30-49-40)52-45(35-37)41-26-18-22-31-50-41/h15-26,28-35,46H,2-14,27H2,1H3. The zero-order valence-electron chi connectivity index (χ0n) is 31.5. The third-order valence-corrected chi connectivity index (χ3v) is 9.39. The zero-order valence-corrected chi connectivity index (χ0v) is 31.5. The second-order valence-electron chi connectivity index (χ2n) is 13.7. The molecule has 0 fully saturated rings. The van der Waals surface area contributed by atoms with Gasteiger partial charge in [0.1, 0.15) is 11.5 Å². The van der Waals surface area contributed by atoms with Crippen molar-refractivity contribution in [3.8, 4) is 57.1 Å². The predicted molar refractivity (Wildman–Crippen MR) is 217 cm³/mol. The lowest BCUT2D eigenvalue weighted by molar-refractivity contribution is -0.00241. The lowest BCUT2D eigenvalue weighted by Gasteiger charge is -2.22. The van der Waals surface area contributed by atoms with Gasteiger partial charge >= 0.3 is 0 Å². The maximum Gasteiger partial charge on any atom is 0.241 e. The fourth-order valence-electron chi connectivity index (χ4n) is 6.50. The quantitative estimate of drug-likeness (QED) is 0.0505. The molecule has 0 N–H and O–H groups in total. The summed E-state index contributed by atoms with van der Waals surface area (Å²) in [6.45, 7) is 2.28. The maximum absolute atomic E-state index is 6.77. The van der Waals surface area contributed by atoms with E-state index in [-0.39, 0.29) is 0 Å². The van der Waals surface area contributed by atoms with E-state index in [1.54, 1.807) is 24.8 Å². The van der Waals surface area contributed by atoms with Crippen molar-refractivity contribution in [2.24, 2.45) is 0 Å². The van der Waals surface area contributed by atoms with Crippen LogP contribution in [0.5, 0.6) is 11.5 Å². The first-order valence-corrected chi connectivity index (χ1v) is 19.8. The first-order chi connectivity index (χ1) is 26.7. The van der Waals surface area contributed by atoms with Crippen molar-refractivity contribution in [3.63, 3.8) is 0 Å². The average molecular weight is 721 g/mol. The summed E-state index contributed by atoms with van der Waals surface area (Å²) in [5, 5.41) is 0. The average Bonchev–Trinajstić information content (AvgIpc) is 3.23. The number of pyridine rings is 6. The molecule has 54 heavy (non-hydrogen) atoms. The smallest absolute Gasteiger partial charge is 0.241 e. The van der Waals surface area contributed by atoms with Crippen molar-refractivity contribution in [3.05, 3.63) is 122 Å². The van der Waals surface area contributed by atoms with E-state index in [4.69, 9.17) is 19.4 Å². The van der Waals surface area contributed by atoms with Gasteiger partial charge in [0.2, 0.25) is 6.29 Å². The molecule has 0 unspecified atom stereocenters.